The third kappa shape index (κ3) is 2.03. The molecule has 8 heteroatoms. The zero-order valence-corrected chi connectivity index (χ0v) is 13.6. The quantitative estimate of drug-likeness (QED) is 0.868. The highest BCUT2D eigenvalue weighted by Crippen LogP contribution is 2.39. The van der Waals surface area contributed by atoms with Gasteiger partial charge in [0.2, 0.25) is 11.6 Å². The molecule has 122 valence electrons. The summed E-state index contributed by atoms with van der Waals surface area (Å²) in [7, 11) is 0. The molecule has 0 unspecified atom stereocenters. The number of amides is 3. The minimum absolute atomic E-state index is 0.187. The predicted octanol–water partition coefficient (Wildman–Crippen LogP) is 1.66. The lowest BCUT2D eigenvalue weighted by atomic mass is 9.99. The molecule has 1 saturated heterocycles. The fourth-order valence-electron chi connectivity index (χ4n) is 3.18. The third-order valence-corrected chi connectivity index (χ3v) is 5.09. The Kier molecular flexibility index (Phi) is 3.17. The molecule has 0 aliphatic carbocycles. The molecule has 0 radical (unpaired) electrons. The van der Waals surface area contributed by atoms with Crippen LogP contribution in [0.5, 0.6) is 0 Å². The van der Waals surface area contributed by atoms with Crippen LogP contribution in [-0.2, 0) is 9.59 Å². The van der Waals surface area contributed by atoms with Crippen molar-refractivity contribution in [3.63, 3.8) is 0 Å². The van der Waals surface area contributed by atoms with Crippen molar-refractivity contribution in [2.24, 2.45) is 0 Å². The van der Waals surface area contributed by atoms with Crippen molar-refractivity contribution in [1.29, 1.82) is 0 Å². The number of hydrogen-bond acceptors (Lipinski definition) is 5. The topological polar surface area (TPSA) is 91.4 Å². The Morgan fingerprint density at radius 3 is 2.92 bits per heavy atom. The summed E-state index contributed by atoms with van der Waals surface area (Å²) in [5, 5.41) is 5.91. The number of para-hydroxylation sites is 1. The first-order chi connectivity index (χ1) is 11.5. The van der Waals surface area contributed by atoms with Gasteiger partial charge >= 0.3 is 0 Å². The number of aryl methyl sites for hydroxylation is 1. The van der Waals surface area contributed by atoms with E-state index in [1.54, 1.807) is 30.5 Å². The molecule has 3 amide bonds. The van der Waals surface area contributed by atoms with E-state index in [0.717, 1.165) is 4.88 Å². The molecule has 7 nitrogen and oxygen atoms in total. The predicted molar refractivity (Wildman–Crippen MR) is 88.8 cm³/mol. The van der Waals surface area contributed by atoms with Gasteiger partial charge in [-0.3, -0.25) is 24.6 Å². The fraction of sp³-hybridized carbons (Fsp3) is 0.250. The molecule has 2 N–H and O–H groups in total. The van der Waals surface area contributed by atoms with Crippen LogP contribution in [0.3, 0.4) is 0 Å². The summed E-state index contributed by atoms with van der Waals surface area (Å²) >= 11 is 1.34. The van der Waals surface area contributed by atoms with Gasteiger partial charge in [0.15, 0.2) is 5.13 Å². The molecule has 1 fully saturated rings. The van der Waals surface area contributed by atoms with Crippen molar-refractivity contribution in [3.8, 4) is 0 Å². The number of benzene rings is 1. The average molecular weight is 342 g/mol. The second-order valence-electron chi connectivity index (χ2n) is 5.79. The number of nitrogens with zero attached hydrogens (tertiary/aromatic N) is 2. The van der Waals surface area contributed by atoms with Gasteiger partial charge in [-0.1, -0.05) is 12.1 Å². The second-order valence-corrected chi connectivity index (χ2v) is 7.03. The third-order valence-electron chi connectivity index (χ3n) is 4.26. The Morgan fingerprint density at radius 1 is 1.38 bits per heavy atom. The normalized spacial score (nSPS) is 22.0. The second kappa shape index (κ2) is 5.13. The number of rotatable bonds is 2. The first-order valence-corrected chi connectivity index (χ1v) is 8.31. The van der Waals surface area contributed by atoms with E-state index < -0.39 is 11.6 Å². The van der Waals surface area contributed by atoms with Crippen LogP contribution in [0.25, 0.3) is 0 Å². The summed E-state index contributed by atoms with van der Waals surface area (Å²) < 4.78 is 0. The molecule has 1 aromatic carbocycles. The summed E-state index contributed by atoms with van der Waals surface area (Å²) in [6.45, 7) is 1.88. The van der Waals surface area contributed by atoms with E-state index >= 15 is 0 Å². The summed E-state index contributed by atoms with van der Waals surface area (Å²) in [5.41, 5.74) is -0.544. The first kappa shape index (κ1) is 14.8. The lowest BCUT2D eigenvalue weighted by Crippen LogP contribution is -2.68. The van der Waals surface area contributed by atoms with Crippen LogP contribution in [-0.4, -0.2) is 28.4 Å². The molecular weight excluding hydrogens is 328 g/mol. The largest absolute Gasteiger partial charge is 0.321 e. The van der Waals surface area contributed by atoms with Crippen LogP contribution < -0.4 is 15.5 Å². The Bertz CT molecular complexity index is 878. The lowest BCUT2D eigenvalue weighted by molar-refractivity contribution is -0.124. The molecule has 24 heavy (non-hydrogen) atoms. The summed E-state index contributed by atoms with van der Waals surface area (Å²) in [5.74, 6) is -1.000. The van der Waals surface area contributed by atoms with Gasteiger partial charge in [0.1, 0.15) is 0 Å². The van der Waals surface area contributed by atoms with Gasteiger partial charge in [0, 0.05) is 23.9 Å². The van der Waals surface area contributed by atoms with Crippen LogP contribution in [0.1, 0.15) is 28.1 Å². The van der Waals surface area contributed by atoms with Crippen molar-refractivity contribution in [2.45, 2.75) is 25.4 Å². The zero-order chi connectivity index (χ0) is 16.9. The van der Waals surface area contributed by atoms with E-state index in [1.165, 1.54) is 16.2 Å². The summed E-state index contributed by atoms with van der Waals surface area (Å²) in [4.78, 5) is 44.3. The Hall–Kier alpha value is -2.74. The molecule has 0 saturated carbocycles. The molecule has 0 bridgehead atoms. The van der Waals surface area contributed by atoms with Gasteiger partial charge in [0.05, 0.1) is 11.3 Å². The number of aromatic nitrogens is 1. The smallest absolute Gasteiger partial charge is 0.273 e. The molecular formula is C16H14N4O3S. The molecule has 2 aromatic rings. The van der Waals surface area contributed by atoms with Gasteiger partial charge in [-0.05, 0) is 19.1 Å². The van der Waals surface area contributed by atoms with Crippen molar-refractivity contribution in [2.75, 3.05) is 10.2 Å². The highest BCUT2D eigenvalue weighted by atomic mass is 32.1. The minimum Gasteiger partial charge on any atom is -0.321 e. The number of carbonyl (C=O) groups is 3. The standard InChI is InChI=1S/C16H14N4O3S/c1-9-8-17-15(24-9)18-14(23)16-7-6-12(21)20(16)11-5-3-2-4-10(11)13(22)19-16/h2-5,8H,6-7H2,1H3,(H,19,22)(H,17,18,23)/t16-/m0/s1. The van der Waals surface area contributed by atoms with Gasteiger partial charge in [0.25, 0.3) is 11.8 Å². The van der Waals surface area contributed by atoms with Crippen LogP contribution in [0.15, 0.2) is 30.5 Å². The Labute approximate surface area is 141 Å². The zero-order valence-electron chi connectivity index (χ0n) is 12.8. The van der Waals surface area contributed by atoms with Crippen molar-refractivity contribution < 1.29 is 14.4 Å². The number of thiazole rings is 1. The molecule has 2 aliphatic rings. The highest BCUT2D eigenvalue weighted by molar-refractivity contribution is 7.15. The highest BCUT2D eigenvalue weighted by Gasteiger charge is 2.56. The monoisotopic (exact) mass is 342 g/mol. The van der Waals surface area contributed by atoms with Crippen molar-refractivity contribution in [1.82, 2.24) is 10.3 Å². The van der Waals surface area contributed by atoms with Gasteiger partial charge < -0.3 is 5.32 Å². The maximum Gasteiger partial charge on any atom is 0.273 e. The number of nitrogens with one attached hydrogen (secondary N) is 2. The van der Waals surface area contributed by atoms with E-state index in [0.29, 0.717) is 16.4 Å². The van der Waals surface area contributed by atoms with E-state index in [1.807, 2.05) is 6.92 Å². The number of carbonyl (C=O) groups excluding carboxylic acids is 3. The van der Waals surface area contributed by atoms with Gasteiger partial charge in [-0.15, -0.1) is 11.3 Å². The van der Waals surface area contributed by atoms with E-state index in [9.17, 15) is 14.4 Å². The van der Waals surface area contributed by atoms with Crippen molar-refractivity contribution in [3.05, 3.63) is 40.9 Å². The fourth-order valence-corrected chi connectivity index (χ4v) is 3.84. The van der Waals surface area contributed by atoms with Crippen molar-refractivity contribution >= 4 is 39.9 Å². The average Bonchev–Trinajstić information content (AvgIpc) is 3.12. The van der Waals surface area contributed by atoms with E-state index in [4.69, 9.17) is 0 Å². The van der Waals surface area contributed by atoms with Gasteiger partial charge in [-0.25, -0.2) is 4.98 Å². The number of fused-ring (bicyclic) bond motifs is 3. The molecule has 4 rings (SSSR count). The summed E-state index contributed by atoms with van der Waals surface area (Å²) in [6.07, 6.45) is 2.07. The minimum atomic E-state index is -1.40. The van der Waals surface area contributed by atoms with Crippen LogP contribution in [0.2, 0.25) is 0 Å². The SMILES string of the molecule is Cc1cnc(NC(=O)[C@]23CCC(=O)N2c2ccccc2C(=O)N3)s1. The number of hydrogen-bond donors (Lipinski definition) is 2. The maximum absolute atomic E-state index is 12.9. The lowest BCUT2D eigenvalue weighted by Gasteiger charge is -2.41. The first-order valence-electron chi connectivity index (χ1n) is 7.50. The van der Waals surface area contributed by atoms with Crippen LogP contribution in [0, 0.1) is 6.92 Å². The van der Waals surface area contributed by atoms with Crippen LogP contribution in [0.4, 0.5) is 10.8 Å². The van der Waals surface area contributed by atoms with E-state index in [2.05, 4.69) is 15.6 Å². The molecule has 2 aliphatic heterocycles. The summed E-state index contributed by atoms with van der Waals surface area (Å²) in [6, 6.07) is 6.80. The van der Waals surface area contributed by atoms with E-state index in [-0.39, 0.29) is 24.7 Å². The van der Waals surface area contributed by atoms with Gasteiger partial charge in [-0.2, -0.15) is 0 Å². The maximum atomic E-state index is 12.9. The Morgan fingerprint density at radius 2 is 2.17 bits per heavy atom. The molecule has 0 spiro atoms. The number of anilines is 2. The molecule has 1 atom stereocenters. The molecule has 1 aromatic heterocycles. The van der Waals surface area contributed by atoms with Crippen LogP contribution >= 0.6 is 11.3 Å². The Balaban J connectivity index is 1.77. The molecule has 3 heterocycles.